The van der Waals surface area contributed by atoms with Gasteiger partial charge in [-0.1, -0.05) is 46.3 Å². The second kappa shape index (κ2) is 8.05. The van der Waals surface area contributed by atoms with Crippen molar-refractivity contribution in [1.29, 1.82) is 0 Å². The molecule has 0 unspecified atom stereocenters. The first-order chi connectivity index (χ1) is 14.0. The number of fused-ring (bicyclic) bond motifs is 2. The zero-order valence-electron chi connectivity index (χ0n) is 15.8. The normalized spacial score (nSPS) is 11.0. The van der Waals surface area contributed by atoms with Gasteiger partial charge in [0.2, 0.25) is 5.91 Å². The highest BCUT2D eigenvalue weighted by molar-refractivity contribution is 9.10. The van der Waals surface area contributed by atoms with Crippen LogP contribution in [0, 0.1) is 6.92 Å². The van der Waals surface area contributed by atoms with Crippen molar-refractivity contribution in [2.75, 3.05) is 17.3 Å². The third-order valence-corrected chi connectivity index (χ3v) is 5.15. The van der Waals surface area contributed by atoms with Gasteiger partial charge in [-0.15, -0.1) is 0 Å². The molecular weight excluding hydrogens is 432 g/mol. The number of hydrogen-bond acceptors (Lipinski definition) is 4. The number of rotatable bonds is 5. The highest BCUT2D eigenvalue weighted by Crippen LogP contribution is 2.19. The third kappa shape index (κ3) is 4.14. The van der Waals surface area contributed by atoms with Crippen molar-refractivity contribution in [3.63, 3.8) is 0 Å². The Balaban J connectivity index is 1.43. The first kappa shape index (κ1) is 19.1. The van der Waals surface area contributed by atoms with E-state index in [-0.39, 0.29) is 17.9 Å². The molecule has 0 fully saturated rings. The van der Waals surface area contributed by atoms with Crippen LogP contribution in [0.25, 0.3) is 21.7 Å². The standard InChI is InChI=1S/C22H19BrN4O2/c1-14-25-20-9-7-17(23)13-19(20)22(29)27(14)24-11-10-21(28)26-18-8-6-15-4-2-3-5-16(15)12-18/h2-9,12-13,24H,10-11H2,1H3,(H,26,28). The van der Waals surface area contributed by atoms with E-state index >= 15 is 0 Å². The zero-order valence-corrected chi connectivity index (χ0v) is 17.4. The Morgan fingerprint density at radius 1 is 1.07 bits per heavy atom. The van der Waals surface area contributed by atoms with Gasteiger partial charge in [0, 0.05) is 23.1 Å². The lowest BCUT2D eigenvalue weighted by Crippen LogP contribution is -2.33. The molecule has 0 spiro atoms. The van der Waals surface area contributed by atoms with Crippen LogP contribution >= 0.6 is 15.9 Å². The van der Waals surface area contributed by atoms with E-state index in [2.05, 4.69) is 31.7 Å². The highest BCUT2D eigenvalue weighted by Gasteiger charge is 2.09. The number of aromatic nitrogens is 2. The van der Waals surface area contributed by atoms with E-state index in [1.54, 1.807) is 19.1 Å². The van der Waals surface area contributed by atoms with Crippen LogP contribution in [0.1, 0.15) is 12.2 Å². The van der Waals surface area contributed by atoms with Crippen LogP contribution in [0.15, 0.2) is 69.9 Å². The molecule has 0 saturated carbocycles. The lowest BCUT2D eigenvalue weighted by atomic mass is 10.1. The van der Waals surface area contributed by atoms with Gasteiger partial charge in [0.15, 0.2) is 0 Å². The predicted octanol–water partition coefficient (Wildman–Crippen LogP) is 4.19. The number of nitrogens with zero attached hydrogens (tertiary/aromatic N) is 2. The molecule has 4 rings (SSSR count). The van der Waals surface area contributed by atoms with Gasteiger partial charge >= 0.3 is 0 Å². The van der Waals surface area contributed by atoms with Crippen LogP contribution in [0.4, 0.5) is 5.69 Å². The number of halogens is 1. The molecule has 0 saturated heterocycles. The SMILES string of the molecule is Cc1nc2ccc(Br)cc2c(=O)n1NCCC(=O)Nc1ccc2ccccc2c1. The summed E-state index contributed by atoms with van der Waals surface area (Å²) in [7, 11) is 0. The Bertz CT molecular complexity index is 1280. The van der Waals surface area contributed by atoms with Gasteiger partial charge in [-0.2, -0.15) is 0 Å². The number of anilines is 1. The van der Waals surface area contributed by atoms with Crippen LogP contribution in [-0.4, -0.2) is 22.1 Å². The third-order valence-electron chi connectivity index (χ3n) is 4.65. The first-order valence-electron chi connectivity index (χ1n) is 9.23. The maximum atomic E-state index is 12.7. The van der Waals surface area contributed by atoms with Crippen LogP contribution in [0.5, 0.6) is 0 Å². The minimum Gasteiger partial charge on any atom is -0.326 e. The van der Waals surface area contributed by atoms with Gasteiger partial charge in [0.05, 0.1) is 10.9 Å². The largest absolute Gasteiger partial charge is 0.326 e. The number of carbonyl (C=O) groups excluding carboxylic acids is 1. The van der Waals surface area contributed by atoms with Gasteiger partial charge in [-0.25, -0.2) is 9.66 Å². The smallest absolute Gasteiger partial charge is 0.279 e. The molecule has 0 radical (unpaired) electrons. The topological polar surface area (TPSA) is 76.0 Å². The molecular formula is C22H19BrN4O2. The first-order valence-corrected chi connectivity index (χ1v) is 10.0. The van der Waals surface area contributed by atoms with Crippen LogP contribution in [0.3, 0.4) is 0 Å². The van der Waals surface area contributed by atoms with Crippen molar-refractivity contribution in [2.24, 2.45) is 0 Å². The van der Waals surface area contributed by atoms with E-state index in [9.17, 15) is 9.59 Å². The van der Waals surface area contributed by atoms with E-state index in [1.807, 2.05) is 48.5 Å². The summed E-state index contributed by atoms with van der Waals surface area (Å²) >= 11 is 3.38. The average molecular weight is 451 g/mol. The minimum atomic E-state index is -0.191. The van der Waals surface area contributed by atoms with Crippen molar-refractivity contribution in [3.8, 4) is 0 Å². The lowest BCUT2D eigenvalue weighted by molar-refractivity contribution is -0.116. The molecule has 3 aromatic carbocycles. The van der Waals surface area contributed by atoms with E-state index in [0.717, 1.165) is 20.9 Å². The van der Waals surface area contributed by atoms with Crippen molar-refractivity contribution in [3.05, 3.63) is 81.3 Å². The fourth-order valence-corrected chi connectivity index (χ4v) is 3.59. The van der Waals surface area contributed by atoms with Crippen LogP contribution in [-0.2, 0) is 4.79 Å². The lowest BCUT2D eigenvalue weighted by Gasteiger charge is -2.13. The number of carbonyl (C=O) groups is 1. The summed E-state index contributed by atoms with van der Waals surface area (Å²) in [4.78, 5) is 29.5. The maximum absolute atomic E-state index is 12.7. The van der Waals surface area contributed by atoms with E-state index in [0.29, 0.717) is 23.3 Å². The summed E-state index contributed by atoms with van der Waals surface area (Å²) in [6.45, 7) is 2.06. The quantitative estimate of drug-likeness (QED) is 0.477. The Morgan fingerprint density at radius 3 is 2.69 bits per heavy atom. The Morgan fingerprint density at radius 2 is 1.86 bits per heavy atom. The minimum absolute atomic E-state index is 0.130. The monoisotopic (exact) mass is 450 g/mol. The molecule has 7 heteroatoms. The number of nitrogens with one attached hydrogen (secondary N) is 2. The van der Waals surface area contributed by atoms with Gasteiger partial charge in [0.25, 0.3) is 5.56 Å². The molecule has 0 aliphatic carbocycles. The number of aryl methyl sites for hydroxylation is 1. The molecule has 146 valence electrons. The molecule has 6 nitrogen and oxygen atoms in total. The molecule has 0 atom stereocenters. The van der Waals surface area contributed by atoms with E-state index in [1.165, 1.54) is 4.68 Å². The van der Waals surface area contributed by atoms with Crippen molar-refractivity contribution in [2.45, 2.75) is 13.3 Å². The molecule has 1 aromatic heterocycles. The van der Waals surface area contributed by atoms with Gasteiger partial charge in [0.1, 0.15) is 5.82 Å². The van der Waals surface area contributed by atoms with Crippen molar-refractivity contribution < 1.29 is 4.79 Å². The Kier molecular flexibility index (Phi) is 5.31. The second-order valence-electron chi connectivity index (χ2n) is 6.73. The number of benzene rings is 3. The fourth-order valence-electron chi connectivity index (χ4n) is 3.23. The summed E-state index contributed by atoms with van der Waals surface area (Å²) in [6, 6.07) is 19.2. The molecule has 1 heterocycles. The van der Waals surface area contributed by atoms with Gasteiger partial charge in [-0.3, -0.25) is 9.59 Å². The summed E-state index contributed by atoms with van der Waals surface area (Å²) in [5.41, 5.74) is 4.20. The van der Waals surface area contributed by atoms with Crippen LogP contribution in [0.2, 0.25) is 0 Å². The fraction of sp³-hybridized carbons (Fsp3) is 0.136. The summed E-state index contributed by atoms with van der Waals surface area (Å²) in [6.07, 6.45) is 0.217. The summed E-state index contributed by atoms with van der Waals surface area (Å²) < 4.78 is 2.20. The molecule has 1 amide bonds. The average Bonchev–Trinajstić information content (AvgIpc) is 2.71. The highest BCUT2D eigenvalue weighted by atomic mass is 79.9. The summed E-state index contributed by atoms with van der Waals surface area (Å²) in [5.74, 6) is 0.412. The Labute approximate surface area is 175 Å². The zero-order chi connectivity index (χ0) is 20.4. The molecule has 4 aromatic rings. The summed E-state index contributed by atoms with van der Waals surface area (Å²) in [5, 5.41) is 5.60. The van der Waals surface area contributed by atoms with Gasteiger partial charge < -0.3 is 10.7 Å². The van der Waals surface area contributed by atoms with Crippen molar-refractivity contribution in [1.82, 2.24) is 9.66 Å². The second-order valence-corrected chi connectivity index (χ2v) is 7.64. The molecule has 0 aliphatic rings. The van der Waals surface area contributed by atoms with Crippen molar-refractivity contribution >= 4 is 49.2 Å². The van der Waals surface area contributed by atoms with E-state index < -0.39 is 0 Å². The molecule has 2 N–H and O–H groups in total. The molecule has 0 aliphatic heterocycles. The molecule has 0 bridgehead atoms. The number of hydrogen-bond donors (Lipinski definition) is 2. The van der Waals surface area contributed by atoms with E-state index in [4.69, 9.17) is 0 Å². The predicted molar refractivity (Wildman–Crippen MR) is 120 cm³/mol. The number of amides is 1. The maximum Gasteiger partial charge on any atom is 0.279 e. The van der Waals surface area contributed by atoms with Crippen LogP contribution < -0.4 is 16.3 Å². The van der Waals surface area contributed by atoms with Gasteiger partial charge in [-0.05, 0) is 48.0 Å². The molecule has 29 heavy (non-hydrogen) atoms. The Hall–Kier alpha value is -3.19.